The SMILES string of the molecule is Cc1cc(C(=O)N2CCNC(C)C2C)c2c(C)noc2n1.Cl. The lowest BCUT2D eigenvalue weighted by Gasteiger charge is -2.38. The summed E-state index contributed by atoms with van der Waals surface area (Å²) < 4.78 is 5.21. The zero-order valence-electron chi connectivity index (χ0n) is 13.2. The zero-order valence-corrected chi connectivity index (χ0v) is 14.0. The predicted molar refractivity (Wildman–Crippen MR) is 86.5 cm³/mol. The number of halogens is 1. The number of fused-ring (bicyclic) bond motifs is 1. The third-order valence-corrected chi connectivity index (χ3v) is 4.27. The number of carbonyl (C=O) groups excluding carboxylic acids is 1. The summed E-state index contributed by atoms with van der Waals surface area (Å²) in [4.78, 5) is 19.2. The van der Waals surface area contributed by atoms with Crippen LogP contribution in [0, 0.1) is 13.8 Å². The topological polar surface area (TPSA) is 71.3 Å². The van der Waals surface area contributed by atoms with E-state index in [1.165, 1.54) is 0 Å². The number of aromatic nitrogens is 2. The number of pyridine rings is 1. The van der Waals surface area contributed by atoms with Crippen LogP contribution in [0.1, 0.15) is 35.6 Å². The van der Waals surface area contributed by atoms with Gasteiger partial charge in [0, 0.05) is 30.9 Å². The van der Waals surface area contributed by atoms with Crippen molar-refractivity contribution in [1.82, 2.24) is 20.4 Å². The molecule has 22 heavy (non-hydrogen) atoms. The number of hydrogen-bond donors (Lipinski definition) is 1. The molecule has 1 N–H and O–H groups in total. The number of hydrogen-bond acceptors (Lipinski definition) is 5. The molecule has 1 aliphatic rings. The van der Waals surface area contributed by atoms with Crippen molar-refractivity contribution in [1.29, 1.82) is 0 Å². The van der Waals surface area contributed by atoms with Crippen molar-refractivity contribution in [2.45, 2.75) is 39.8 Å². The maximum absolute atomic E-state index is 13.0. The van der Waals surface area contributed by atoms with Crippen molar-refractivity contribution in [3.8, 4) is 0 Å². The second kappa shape index (κ2) is 6.22. The van der Waals surface area contributed by atoms with Crippen LogP contribution >= 0.6 is 12.4 Å². The highest BCUT2D eigenvalue weighted by Gasteiger charge is 2.30. The molecular weight excluding hydrogens is 304 g/mol. The minimum absolute atomic E-state index is 0. The van der Waals surface area contributed by atoms with E-state index in [-0.39, 0.29) is 30.4 Å². The van der Waals surface area contributed by atoms with Crippen LogP contribution in [0.25, 0.3) is 11.1 Å². The van der Waals surface area contributed by atoms with Crippen LogP contribution in [0.2, 0.25) is 0 Å². The van der Waals surface area contributed by atoms with E-state index >= 15 is 0 Å². The molecule has 2 atom stereocenters. The number of nitrogens with one attached hydrogen (secondary N) is 1. The Balaban J connectivity index is 0.00000176. The van der Waals surface area contributed by atoms with E-state index in [4.69, 9.17) is 4.52 Å². The summed E-state index contributed by atoms with van der Waals surface area (Å²) in [6, 6.07) is 2.26. The van der Waals surface area contributed by atoms with Gasteiger partial charge in [-0.1, -0.05) is 5.16 Å². The minimum Gasteiger partial charge on any atom is -0.336 e. The lowest BCUT2D eigenvalue weighted by atomic mass is 10.0. The molecule has 0 aliphatic carbocycles. The summed E-state index contributed by atoms with van der Waals surface area (Å²) in [6.07, 6.45) is 0. The number of amides is 1. The number of rotatable bonds is 1. The lowest BCUT2D eigenvalue weighted by Crippen LogP contribution is -2.57. The fourth-order valence-electron chi connectivity index (χ4n) is 2.88. The highest BCUT2D eigenvalue weighted by molar-refractivity contribution is 6.06. The van der Waals surface area contributed by atoms with Gasteiger partial charge in [0.05, 0.1) is 16.6 Å². The summed E-state index contributed by atoms with van der Waals surface area (Å²) >= 11 is 0. The Labute approximate surface area is 135 Å². The monoisotopic (exact) mass is 324 g/mol. The van der Waals surface area contributed by atoms with Crippen LogP contribution in [-0.4, -0.2) is 46.1 Å². The molecule has 1 fully saturated rings. The Hall–Kier alpha value is -1.66. The highest BCUT2D eigenvalue weighted by Crippen LogP contribution is 2.24. The molecule has 0 spiro atoms. The first-order valence-electron chi connectivity index (χ1n) is 7.27. The number of piperazine rings is 1. The van der Waals surface area contributed by atoms with Gasteiger partial charge < -0.3 is 14.7 Å². The molecule has 1 aliphatic heterocycles. The van der Waals surface area contributed by atoms with Crippen LogP contribution in [0.15, 0.2) is 10.6 Å². The van der Waals surface area contributed by atoms with E-state index in [0.29, 0.717) is 23.5 Å². The van der Waals surface area contributed by atoms with Gasteiger partial charge in [-0.25, -0.2) is 4.98 Å². The minimum atomic E-state index is 0. The normalized spacial score (nSPS) is 21.7. The maximum atomic E-state index is 13.0. The molecule has 2 aromatic heterocycles. The molecule has 2 aromatic rings. The average Bonchev–Trinajstić information content (AvgIpc) is 2.81. The maximum Gasteiger partial charge on any atom is 0.258 e. The number of carbonyl (C=O) groups is 1. The second-order valence-electron chi connectivity index (χ2n) is 5.74. The van der Waals surface area contributed by atoms with Gasteiger partial charge >= 0.3 is 0 Å². The fraction of sp³-hybridized carbons (Fsp3) is 0.533. The van der Waals surface area contributed by atoms with E-state index in [0.717, 1.165) is 17.6 Å². The predicted octanol–water partition coefficient (Wildman–Crippen LogP) is 2.08. The molecule has 0 saturated carbocycles. The van der Waals surface area contributed by atoms with Gasteiger partial charge in [0.15, 0.2) is 0 Å². The van der Waals surface area contributed by atoms with E-state index < -0.39 is 0 Å². The van der Waals surface area contributed by atoms with Gasteiger partial charge in [0.25, 0.3) is 11.6 Å². The van der Waals surface area contributed by atoms with E-state index in [9.17, 15) is 4.79 Å². The molecule has 2 unspecified atom stereocenters. The Kier molecular flexibility index (Phi) is 4.72. The first-order valence-corrected chi connectivity index (χ1v) is 7.27. The van der Waals surface area contributed by atoms with Crippen molar-refractivity contribution >= 4 is 29.4 Å². The first-order chi connectivity index (χ1) is 9.99. The Morgan fingerprint density at radius 1 is 1.41 bits per heavy atom. The number of nitrogens with zero attached hydrogens (tertiary/aromatic N) is 3. The van der Waals surface area contributed by atoms with E-state index in [2.05, 4.69) is 29.3 Å². The van der Waals surface area contributed by atoms with Gasteiger partial charge in [-0.15, -0.1) is 12.4 Å². The average molecular weight is 325 g/mol. The molecule has 1 amide bonds. The van der Waals surface area contributed by atoms with Gasteiger partial charge in [-0.2, -0.15) is 0 Å². The Bertz CT molecular complexity index is 700. The second-order valence-corrected chi connectivity index (χ2v) is 5.74. The highest BCUT2D eigenvalue weighted by atomic mass is 35.5. The molecule has 6 nitrogen and oxygen atoms in total. The molecule has 120 valence electrons. The van der Waals surface area contributed by atoms with Gasteiger partial charge in [0.2, 0.25) is 0 Å². The molecule has 0 aromatic carbocycles. The fourth-order valence-corrected chi connectivity index (χ4v) is 2.88. The lowest BCUT2D eigenvalue weighted by molar-refractivity contribution is 0.0604. The van der Waals surface area contributed by atoms with Crippen molar-refractivity contribution < 1.29 is 9.32 Å². The Morgan fingerprint density at radius 3 is 2.86 bits per heavy atom. The van der Waals surface area contributed by atoms with Crippen molar-refractivity contribution in [2.75, 3.05) is 13.1 Å². The summed E-state index contributed by atoms with van der Waals surface area (Å²) in [5.74, 6) is 0.0256. The van der Waals surface area contributed by atoms with Gasteiger partial charge in [0.1, 0.15) is 0 Å². The summed E-state index contributed by atoms with van der Waals surface area (Å²) in [5, 5.41) is 8.05. The third-order valence-electron chi connectivity index (χ3n) is 4.27. The summed E-state index contributed by atoms with van der Waals surface area (Å²) in [6.45, 7) is 9.38. The quantitative estimate of drug-likeness (QED) is 0.869. The van der Waals surface area contributed by atoms with Gasteiger partial charge in [-0.3, -0.25) is 4.79 Å². The third kappa shape index (κ3) is 2.68. The van der Waals surface area contributed by atoms with E-state index in [1.807, 2.05) is 24.8 Å². The molecule has 0 bridgehead atoms. The molecular formula is C15H21ClN4O2. The van der Waals surface area contributed by atoms with Crippen LogP contribution < -0.4 is 5.32 Å². The first kappa shape index (κ1) is 16.7. The summed E-state index contributed by atoms with van der Waals surface area (Å²) in [7, 11) is 0. The van der Waals surface area contributed by atoms with Crippen LogP contribution in [0.5, 0.6) is 0 Å². The molecule has 3 heterocycles. The van der Waals surface area contributed by atoms with Crippen LogP contribution in [0.3, 0.4) is 0 Å². The largest absolute Gasteiger partial charge is 0.336 e. The standard InChI is InChI=1S/C15H20N4O2.ClH/c1-8-7-12(13-10(3)18-21-14(13)17-8)15(20)19-6-5-16-9(2)11(19)4;/h7,9,11,16H,5-6H2,1-4H3;1H. The summed E-state index contributed by atoms with van der Waals surface area (Å²) in [5.41, 5.74) is 2.54. The smallest absolute Gasteiger partial charge is 0.258 e. The zero-order chi connectivity index (χ0) is 15.1. The van der Waals surface area contributed by atoms with Crippen molar-refractivity contribution in [3.63, 3.8) is 0 Å². The van der Waals surface area contributed by atoms with Crippen molar-refractivity contribution in [3.05, 3.63) is 23.0 Å². The number of aryl methyl sites for hydroxylation is 2. The Morgan fingerprint density at radius 2 is 2.14 bits per heavy atom. The molecule has 1 saturated heterocycles. The molecule has 0 radical (unpaired) electrons. The van der Waals surface area contributed by atoms with E-state index in [1.54, 1.807) is 0 Å². The van der Waals surface area contributed by atoms with Crippen molar-refractivity contribution in [2.24, 2.45) is 0 Å². The molecule has 7 heteroatoms. The van der Waals surface area contributed by atoms with Crippen LogP contribution in [0.4, 0.5) is 0 Å². The molecule has 3 rings (SSSR count). The van der Waals surface area contributed by atoms with Crippen LogP contribution in [-0.2, 0) is 0 Å². The van der Waals surface area contributed by atoms with Gasteiger partial charge in [-0.05, 0) is 33.8 Å².